The molecule has 0 saturated heterocycles. The Morgan fingerprint density at radius 2 is 1.67 bits per heavy atom. The van der Waals surface area contributed by atoms with E-state index >= 15 is 0 Å². The number of carbonyl (C=O) groups excluding carboxylic acids is 1. The molecule has 2 aromatic heterocycles. The van der Waals surface area contributed by atoms with E-state index in [9.17, 15) is 4.79 Å². The second-order valence-corrected chi connectivity index (χ2v) is 7.62. The molecule has 0 aliphatic carbocycles. The first-order valence-corrected chi connectivity index (χ1v) is 10.6. The Morgan fingerprint density at radius 1 is 0.967 bits per heavy atom. The van der Waals surface area contributed by atoms with Crippen LogP contribution in [0.4, 0.5) is 0 Å². The number of aromatic nitrogens is 4. The summed E-state index contributed by atoms with van der Waals surface area (Å²) < 4.78 is 1.98. The van der Waals surface area contributed by atoms with E-state index in [4.69, 9.17) is 0 Å². The number of nitrogens with zero attached hydrogens (tertiary/aromatic N) is 4. The molecule has 1 N–H and O–H groups in total. The van der Waals surface area contributed by atoms with E-state index in [-0.39, 0.29) is 17.7 Å². The first-order valence-electron chi connectivity index (χ1n) is 9.62. The second kappa shape index (κ2) is 9.37. The van der Waals surface area contributed by atoms with Gasteiger partial charge in [0.2, 0.25) is 5.91 Å². The van der Waals surface area contributed by atoms with Crippen molar-refractivity contribution < 1.29 is 4.79 Å². The van der Waals surface area contributed by atoms with Crippen molar-refractivity contribution in [2.45, 2.75) is 18.1 Å². The number of rotatable bonds is 7. The molecule has 0 aliphatic heterocycles. The van der Waals surface area contributed by atoms with Gasteiger partial charge in [0.25, 0.3) is 0 Å². The van der Waals surface area contributed by atoms with Crippen molar-refractivity contribution >= 4 is 17.7 Å². The Kier molecular flexibility index (Phi) is 6.20. The molecule has 0 radical (unpaired) electrons. The lowest BCUT2D eigenvalue weighted by atomic mass is 10.2. The van der Waals surface area contributed by atoms with E-state index in [0.29, 0.717) is 5.16 Å². The van der Waals surface area contributed by atoms with Gasteiger partial charge in [-0.2, -0.15) is 0 Å². The Balaban J connectivity index is 1.53. The molecule has 4 rings (SSSR count). The largest absolute Gasteiger partial charge is 0.347 e. The predicted octanol–water partition coefficient (Wildman–Crippen LogP) is 4.30. The molecule has 6 nitrogen and oxygen atoms in total. The maximum absolute atomic E-state index is 12.5. The Bertz CT molecular complexity index is 1100. The van der Waals surface area contributed by atoms with Crippen molar-refractivity contribution in [1.29, 1.82) is 0 Å². The fraction of sp³-hybridized carbons (Fsp3) is 0.130. The summed E-state index contributed by atoms with van der Waals surface area (Å²) in [5.41, 5.74) is 2.75. The average molecular weight is 416 g/mol. The highest BCUT2D eigenvalue weighted by molar-refractivity contribution is 7.99. The van der Waals surface area contributed by atoms with Gasteiger partial charge in [0, 0.05) is 17.4 Å². The van der Waals surface area contributed by atoms with Crippen LogP contribution in [0.25, 0.3) is 17.1 Å². The first kappa shape index (κ1) is 19.8. The Hall–Kier alpha value is -3.45. The number of pyridine rings is 1. The Labute approximate surface area is 179 Å². The number of benzene rings is 2. The quantitative estimate of drug-likeness (QED) is 0.456. The van der Waals surface area contributed by atoms with Crippen LogP contribution >= 0.6 is 11.8 Å². The molecule has 0 saturated carbocycles. The number of amides is 1. The van der Waals surface area contributed by atoms with Crippen molar-refractivity contribution in [3.05, 3.63) is 90.8 Å². The summed E-state index contributed by atoms with van der Waals surface area (Å²) in [5, 5.41) is 12.4. The molecule has 1 atom stereocenters. The number of thioether (sulfide) groups is 1. The van der Waals surface area contributed by atoms with Gasteiger partial charge in [-0.05, 0) is 31.2 Å². The highest BCUT2D eigenvalue weighted by atomic mass is 32.2. The molecule has 1 amide bonds. The third-order valence-corrected chi connectivity index (χ3v) is 5.45. The fourth-order valence-corrected chi connectivity index (χ4v) is 3.83. The maximum atomic E-state index is 12.5. The van der Waals surface area contributed by atoms with Gasteiger partial charge in [-0.1, -0.05) is 66.4 Å². The molecule has 150 valence electrons. The average Bonchev–Trinajstić information content (AvgIpc) is 3.23. The standard InChI is InChI=1S/C23H21N5OS/c1-17(20-14-8-9-15-24-20)25-21(29)16-30-23-27-26-22(18-10-4-2-5-11-18)28(23)19-12-6-3-7-13-19/h2-15,17H,16H2,1H3,(H,25,29). The third-order valence-electron chi connectivity index (χ3n) is 4.52. The van der Waals surface area contributed by atoms with E-state index in [2.05, 4.69) is 20.5 Å². The van der Waals surface area contributed by atoms with Crippen LogP contribution in [-0.2, 0) is 4.79 Å². The molecule has 4 aromatic rings. The van der Waals surface area contributed by atoms with E-state index in [1.54, 1.807) is 6.20 Å². The Morgan fingerprint density at radius 3 is 2.37 bits per heavy atom. The lowest BCUT2D eigenvalue weighted by Gasteiger charge is -2.13. The van der Waals surface area contributed by atoms with Crippen LogP contribution in [0.3, 0.4) is 0 Å². The zero-order valence-electron chi connectivity index (χ0n) is 16.5. The van der Waals surface area contributed by atoms with Gasteiger partial charge in [0.1, 0.15) is 0 Å². The topological polar surface area (TPSA) is 72.7 Å². The van der Waals surface area contributed by atoms with Gasteiger partial charge >= 0.3 is 0 Å². The smallest absolute Gasteiger partial charge is 0.231 e. The number of carbonyl (C=O) groups is 1. The summed E-state index contributed by atoms with van der Waals surface area (Å²) in [5.74, 6) is 0.894. The molecule has 0 bridgehead atoms. The minimum atomic E-state index is -0.161. The highest BCUT2D eigenvalue weighted by Gasteiger charge is 2.18. The highest BCUT2D eigenvalue weighted by Crippen LogP contribution is 2.27. The van der Waals surface area contributed by atoms with Crippen LogP contribution in [0.1, 0.15) is 18.7 Å². The fourth-order valence-electron chi connectivity index (χ4n) is 3.07. The summed E-state index contributed by atoms with van der Waals surface area (Å²) in [4.78, 5) is 16.8. The van der Waals surface area contributed by atoms with Crippen molar-refractivity contribution in [2.75, 3.05) is 5.75 Å². The number of hydrogen-bond donors (Lipinski definition) is 1. The van der Waals surface area contributed by atoms with E-state index in [1.165, 1.54) is 11.8 Å². The van der Waals surface area contributed by atoms with Crippen molar-refractivity contribution in [1.82, 2.24) is 25.1 Å². The number of para-hydroxylation sites is 1. The molecule has 1 unspecified atom stereocenters. The normalized spacial score (nSPS) is 11.8. The zero-order chi connectivity index (χ0) is 20.8. The SMILES string of the molecule is CC(NC(=O)CSc1nnc(-c2ccccc2)n1-c1ccccc1)c1ccccn1. The van der Waals surface area contributed by atoms with E-state index in [0.717, 1.165) is 22.8 Å². The van der Waals surface area contributed by atoms with Gasteiger partial charge in [0.15, 0.2) is 11.0 Å². The maximum Gasteiger partial charge on any atom is 0.231 e. The van der Waals surface area contributed by atoms with E-state index in [1.807, 2.05) is 90.4 Å². The van der Waals surface area contributed by atoms with Gasteiger partial charge < -0.3 is 5.32 Å². The van der Waals surface area contributed by atoms with Crippen LogP contribution in [0.5, 0.6) is 0 Å². The molecule has 2 heterocycles. The number of nitrogens with one attached hydrogen (secondary N) is 1. The van der Waals surface area contributed by atoms with Crippen LogP contribution in [-0.4, -0.2) is 31.4 Å². The molecule has 0 aliphatic rings. The minimum Gasteiger partial charge on any atom is -0.347 e. The lowest BCUT2D eigenvalue weighted by Crippen LogP contribution is -2.28. The number of hydrogen-bond acceptors (Lipinski definition) is 5. The molecule has 30 heavy (non-hydrogen) atoms. The summed E-state index contributed by atoms with van der Waals surface area (Å²) >= 11 is 1.36. The zero-order valence-corrected chi connectivity index (χ0v) is 17.3. The lowest BCUT2D eigenvalue weighted by molar-refractivity contribution is -0.119. The van der Waals surface area contributed by atoms with Gasteiger partial charge in [-0.15, -0.1) is 10.2 Å². The monoisotopic (exact) mass is 415 g/mol. The van der Waals surface area contributed by atoms with Crippen molar-refractivity contribution in [3.8, 4) is 17.1 Å². The minimum absolute atomic E-state index is 0.0815. The molecular weight excluding hydrogens is 394 g/mol. The summed E-state index contributed by atoms with van der Waals surface area (Å²) in [6, 6.07) is 25.3. The van der Waals surface area contributed by atoms with Crippen molar-refractivity contribution in [3.63, 3.8) is 0 Å². The van der Waals surface area contributed by atoms with Crippen LogP contribution < -0.4 is 5.32 Å². The second-order valence-electron chi connectivity index (χ2n) is 6.68. The van der Waals surface area contributed by atoms with Gasteiger partial charge in [0.05, 0.1) is 17.5 Å². The molecule has 7 heteroatoms. The van der Waals surface area contributed by atoms with Crippen LogP contribution in [0.2, 0.25) is 0 Å². The van der Waals surface area contributed by atoms with E-state index < -0.39 is 0 Å². The molecule has 0 fully saturated rings. The van der Waals surface area contributed by atoms with Gasteiger partial charge in [-0.25, -0.2) is 0 Å². The van der Waals surface area contributed by atoms with Gasteiger partial charge in [-0.3, -0.25) is 14.3 Å². The molecular formula is C23H21N5OS. The van der Waals surface area contributed by atoms with Crippen LogP contribution in [0, 0.1) is 0 Å². The summed E-state index contributed by atoms with van der Waals surface area (Å²) in [6.07, 6.45) is 1.72. The van der Waals surface area contributed by atoms with Crippen molar-refractivity contribution in [2.24, 2.45) is 0 Å². The first-order chi connectivity index (χ1) is 14.7. The molecule has 2 aromatic carbocycles. The predicted molar refractivity (Wildman–Crippen MR) is 118 cm³/mol. The summed E-state index contributed by atoms with van der Waals surface area (Å²) in [7, 11) is 0. The molecule has 0 spiro atoms. The summed E-state index contributed by atoms with van der Waals surface area (Å²) in [6.45, 7) is 1.92. The third kappa shape index (κ3) is 4.58. The van der Waals surface area contributed by atoms with Crippen LogP contribution in [0.15, 0.2) is 90.2 Å².